The molecule has 0 atom stereocenters. The second-order valence-electron chi connectivity index (χ2n) is 7.61. The zero-order valence-electron chi connectivity index (χ0n) is 18.8. The maximum Gasteiger partial charge on any atom is 0.244 e. The van der Waals surface area contributed by atoms with E-state index in [9.17, 15) is 4.79 Å². The van der Waals surface area contributed by atoms with E-state index < -0.39 is 0 Å². The number of hydrogen-bond donors (Lipinski definition) is 1. The average Bonchev–Trinajstić information content (AvgIpc) is 3.21. The van der Waals surface area contributed by atoms with Crippen LogP contribution >= 0.6 is 0 Å². The van der Waals surface area contributed by atoms with Gasteiger partial charge in [-0.15, -0.1) is 0 Å². The largest absolute Gasteiger partial charge is 0.497 e. The fourth-order valence-electron chi connectivity index (χ4n) is 3.64. The van der Waals surface area contributed by atoms with E-state index in [-0.39, 0.29) is 5.91 Å². The monoisotopic (exact) mass is 421 g/mol. The highest BCUT2D eigenvalue weighted by Gasteiger charge is 2.15. The summed E-state index contributed by atoms with van der Waals surface area (Å²) in [5, 5.41) is 3.93. The number of ether oxygens (including phenoxy) is 2. The van der Waals surface area contributed by atoms with E-state index in [2.05, 4.69) is 12.2 Å². The van der Waals surface area contributed by atoms with Gasteiger partial charge in [0.2, 0.25) is 5.91 Å². The van der Waals surface area contributed by atoms with Gasteiger partial charge in [-0.25, -0.2) is 0 Å². The van der Waals surface area contributed by atoms with Gasteiger partial charge in [-0.3, -0.25) is 4.79 Å². The molecule has 0 saturated carbocycles. The van der Waals surface area contributed by atoms with Gasteiger partial charge < -0.3 is 19.2 Å². The third-order valence-corrected chi connectivity index (χ3v) is 5.38. The second kappa shape index (κ2) is 10.7. The summed E-state index contributed by atoms with van der Waals surface area (Å²) in [5.74, 6) is 1.37. The summed E-state index contributed by atoms with van der Waals surface area (Å²) in [7, 11) is 3.27. The minimum Gasteiger partial charge on any atom is -0.497 e. The van der Waals surface area contributed by atoms with Gasteiger partial charge in [-0.05, 0) is 42.7 Å². The van der Waals surface area contributed by atoms with Gasteiger partial charge in [0.15, 0.2) is 0 Å². The molecule has 0 aliphatic carbocycles. The van der Waals surface area contributed by atoms with Crippen LogP contribution in [-0.2, 0) is 4.79 Å². The van der Waals surface area contributed by atoms with Gasteiger partial charge in [-0.2, -0.15) is 0 Å². The Morgan fingerprint density at radius 1 is 1.10 bits per heavy atom. The van der Waals surface area contributed by atoms with Gasteiger partial charge in [0.05, 0.1) is 20.5 Å². The van der Waals surface area contributed by atoms with E-state index >= 15 is 0 Å². The number of rotatable bonds is 10. The number of methoxy groups -OCH3 is 2. The number of carbonyl (C=O) groups is 1. The highest BCUT2D eigenvalue weighted by Crippen LogP contribution is 2.38. The van der Waals surface area contributed by atoms with Crippen LogP contribution in [0.2, 0.25) is 0 Å². The zero-order chi connectivity index (χ0) is 22.2. The Kier molecular flexibility index (Phi) is 7.76. The summed E-state index contributed by atoms with van der Waals surface area (Å²) < 4.78 is 16.7. The number of hydrogen-bond acceptors (Lipinski definition) is 4. The molecule has 0 unspecified atom stereocenters. The van der Waals surface area contributed by atoms with Crippen LogP contribution in [0.1, 0.15) is 45.1 Å². The SMILES string of the molecule is CCCCCCNC(=O)/C=C(\C)c1cc2c(-c3cccc(OC)c3)coc2cc1OC. The van der Waals surface area contributed by atoms with Gasteiger partial charge in [0.25, 0.3) is 0 Å². The molecule has 5 heteroatoms. The molecule has 3 aromatic rings. The van der Waals surface area contributed by atoms with Crippen molar-refractivity contribution in [2.45, 2.75) is 39.5 Å². The predicted molar refractivity (Wildman–Crippen MR) is 126 cm³/mol. The van der Waals surface area contributed by atoms with E-state index in [1.54, 1.807) is 26.6 Å². The summed E-state index contributed by atoms with van der Waals surface area (Å²) in [6.45, 7) is 4.79. The van der Waals surface area contributed by atoms with E-state index in [4.69, 9.17) is 13.9 Å². The maximum atomic E-state index is 12.4. The quantitative estimate of drug-likeness (QED) is 0.312. The molecular formula is C26H31NO4. The lowest BCUT2D eigenvalue weighted by molar-refractivity contribution is -0.116. The first-order valence-corrected chi connectivity index (χ1v) is 10.8. The Labute approximate surface area is 184 Å². The van der Waals surface area contributed by atoms with Crippen molar-refractivity contribution in [1.29, 1.82) is 0 Å². The number of fused-ring (bicyclic) bond motifs is 1. The number of amides is 1. The molecule has 31 heavy (non-hydrogen) atoms. The number of unbranched alkanes of at least 4 members (excludes halogenated alkanes) is 3. The Morgan fingerprint density at radius 2 is 1.94 bits per heavy atom. The molecule has 1 amide bonds. The molecule has 0 aliphatic rings. The number of nitrogens with one attached hydrogen (secondary N) is 1. The topological polar surface area (TPSA) is 60.7 Å². The van der Waals surface area contributed by atoms with Crippen molar-refractivity contribution in [3.05, 3.63) is 54.3 Å². The molecule has 5 nitrogen and oxygen atoms in total. The molecule has 0 spiro atoms. The summed E-state index contributed by atoms with van der Waals surface area (Å²) in [5.41, 5.74) is 4.39. The van der Waals surface area contributed by atoms with Crippen LogP contribution in [0.25, 0.3) is 27.7 Å². The van der Waals surface area contributed by atoms with Gasteiger partial charge in [0.1, 0.15) is 17.1 Å². The highest BCUT2D eigenvalue weighted by atomic mass is 16.5. The minimum atomic E-state index is -0.0867. The Morgan fingerprint density at radius 3 is 2.68 bits per heavy atom. The first-order valence-electron chi connectivity index (χ1n) is 10.8. The van der Waals surface area contributed by atoms with Crippen LogP contribution in [0, 0.1) is 0 Å². The molecule has 0 radical (unpaired) electrons. The van der Waals surface area contributed by atoms with Crippen molar-refractivity contribution in [3.63, 3.8) is 0 Å². The first kappa shape index (κ1) is 22.5. The van der Waals surface area contributed by atoms with Gasteiger partial charge in [-0.1, -0.05) is 38.3 Å². The molecule has 0 fully saturated rings. The lowest BCUT2D eigenvalue weighted by Crippen LogP contribution is -2.22. The molecule has 1 N–H and O–H groups in total. The van der Waals surface area contributed by atoms with E-state index in [1.807, 2.05) is 43.3 Å². The van der Waals surface area contributed by atoms with Crippen molar-refractivity contribution in [2.75, 3.05) is 20.8 Å². The molecule has 3 rings (SSSR count). The fraction of sp³-hybridized carbons (Fsp3) is 0.346. The van der Waals surface area contributed by atoms with E-state index in [0.717, 1.165) is 51.8 Å². The normalized spacial score (nSPS) is 11.5. The van der Waals surface area contributed by atoms with Crippen molar-refractivity contribution in [2.24, 2.45) is 0 Å². The van der Waals surface area contributed by atoms with Crippen molar-refractivity contribution < 1.29 is 18.7 Å². The van der Waals surface area contributed by atoms with Gasteiger partial charge >= 0.3 is 0 Å². The van der Waals surface area contributed by atoms with Crippen LogP contribution in [0.5, 0.6) is 11.5 Å². The van der Waals surface area contributed by atoms with Crippen LogP contribution in [0.15, 0.2) is 53.2 Å². The molecule has 164 valence electrons. The number of allylic oxidation sites excluding steroid dienone is 1. The lowest BCUT2D eigenvalue weighted by Gasteiger charge is -2.10. The second-order valence-corrected chi connectivity index (χ2v) is 7.61. The smallest absolute Gasteiger partial charge is 0.244 e. The van der Waals surface area contributed by atoms with Gasteiger partial charge in [0, 0.05) is 35.2 Å². The molecular weight excluding hydrogens is 390 g/mol. The number of benzene rings is 2. The zero-order valence-corrected chi connectivity index (χ0v) is 18.8. The van der Waals surface area contributed by atoms with E-state index in [0.29, 0.717) is 12.3 Å². The van der Waals surface area contributed by atoms with Crippen LogP contribution in [-0.4, -0.2) is 26.7 Å². The maximum absolute atomic E-state index is 12.4. The molecule has 0 aliphatic heterocycles. The van der Waals surface area contributed by atoms with Crippen LogP contribution in [0.3, 0.4) is 0 Å². The Balaban J connectivity index is 1.89. The number of carbonyl (C=O) groups excluding carboxylic acids is 1. The molecule has 0 bridgehead atoms. The highest BCUT2D eigenvalue weighted by molar-refractivity contribution is 6.00. The third kappa shape index (κ3) is 5.48. The summed E-state index contributed by atoms with van der Waals surface area (Å²) in [4.78, 5) is 12.4. The minimum absolute atomic E-state index is 0.0867. The van der Waals surface area contributed by atoms with Crippen LogP contribution < -0.4 is 14.8 Å². The van der Waals surface area contributed by atoms with Crippen molar-refractivity contribution in [1.82, 2.24) is 5.32 Å². The average molecular weight is 422 g/mol. The summed E-state index contributed by atoms with van der Waals surface area (Å²) in [6, 6.07) is 11.7. The lowest BCUT2D eigenvalue weighted by atomic mass is 9.99. The standard InChI is InChI=1S/C26H31NO4/c1-5-6-7-8-12-27-26(28)13-18(2)21-15-22-23(17-31-25(22)16-24(21)30-4)19-10-9-11-20(14-19)29-3/h9-11,13-17H,5-8,12H2,1-4H3,(H,27,28)/b18-13+. The fourth-order valence-corrected chi connectivity index (χ4v) is 3.64. The third-order valence-electron chi connectivity index (χ3n) is 5.38. The Hall–Kier alpha value is -3.21. The molecule has 2 aromatic carbocycles. The van der Waals surface area contributed by atoms with Crippen molar-refractivity contribution in [3.8, 4) is 22.6 Å². The predicted octanol–water partition coefficient (Wildman–Crippen LogP) is 6.22. The van der Waals surface area contributed by atoms with E-state index in [1.165, 1.54) is 12.8 Å². The number of furan rings is 1. The van der Waals surface area contributed by atoms with Crippen molar-refractivity contribution >= 4 is 22.4 Å². The first-order chi connectivity index (χ1) is 15.1. The molecule has 0 saturated heterocycles. The summed E-state index contributed by atoms with van der Waals surface area (Å²) >= 11 is 0. The summed E-state index contributed by atoms with van der Waals surface area (Å²) in [6.07, 6.45) is 7.89. The molecule has 1 heterocycles. The Bertz CT molecular complexity index is 1060. The molecule has 1 aromatic heterocycles. The van der Waals surface area contributed by atoms with Crippen LogP contribution in [0.4, 0.5) is 0 Å².